The number of amides is 3. The van der Waals surface area contributed by atoms with Crippen LogP contribution in [-0.4, -0.2) is 24.3 Å². The van der Waals surface area contributed by atoms with E-state index in [0.717, 1.165) is 16.8 Å². The summed E-state index contributed by atoms with van der Waals surface area (Å²) in [4.78, 5) is 35.5. The number of ether oxygens (including phenoxy) is 1. The average molecular weight is 404 g/mol. The van der Waals surface area contributed by atoms with Crippen LogP contribution in [0.2, 0.25) is 5.02 Å². The van der Waals surface area contributed by atoms with Crippen LogP contribution in [-0.2, 0) is 14.4 Å². The van der Waals surface area contributed by atoms with Gasteiger partial charge in [0.1, 0.15) is 5.75 Å². The lowest BCUT2D eigenvalue weighted by Crippen LogP contribution is -2.44. The summed E-state index contributed by atoms with van der Waals surface area (Å²) in [6.45, 7) is 3.56. The number of carbonyl (C=O) groups excluding carboxylic acids is 3. The molecule has 0 atom stereocenters. The van der Waals surface area contributed by atoms with Gasteiger partial charge >= 0.3 is 0 Å². The van der Waals surface area contributed by atoms with Crippen LogP contribution in [0.4, 0.5) is 5.69 Å². The lowest BCUT2D eigenvalue weighted by Gasteiger charge is -2.10. The van der Waals surface area contributed by atoms with Crippen molar-refractivity contribution in [3.8, 4) is 5.75 Å². The molecule has 0 fully saturated rings. The van der Waals surface area contributed by atoms with Gasteiger partial charge in [-0.25, -0.2) is 0 Å². The summed E-state index contributed by atoms with van der Waals surface area (Å²) in [6, 6.07) is 12.3. The van der Waals surface area contributed by atoms with Crippen molar-refractivity contribution < 1.29 is 19.1 Å². The zero-order valence-electron chi connectivity index (χ0n) is 15.7. The van der Waals surface area contributed by atoms with E-state index in [2.05, 4.69) is 16.2 Å². The Hall–Kier alpha value is -3.06. The number of carbonyl (C=O) groups is 3. The summed E-state index contributed by atoms with van der Waals surface area (Å²) in [6.07, 6.45) is -0.0641. The Morgan fingerprint density at radius 3 is 2.25 bits per heavy atom. The molecule has 2 rings (SSSR count). The van der Waals surface area contributed by atoms with Gasteiger partial charge in [-0.1, -0.05) is 23.7 Å². The number of rotatable bonds is 7. The highest BCUT2D eigenvalue weighted by molar-refractivity contribution is 6.30. The summed E-state index contributed by atoms with van der Waals surface area (Å²) in [5.74, 6) is -0.797. The number of nitrogens with one attached hydrogen (secondary N) is 3. The number of halogens is 1. The molecular weight excluding hydrogens is 382 g/mol. The molecule has 0 spiro atoms. The van der Waals surface area contributed by atoms with Crippen LogP contribution in [0.25, 0.3) is 0 Å². The molecule has 0 aliphatic rings. The first kappa shape index (κ1) is 21.2. The van der Waals surface area contributed by atoms with Crippen LogP contribution in [0.15, 0.2) is 42.5 Å². The molecule has 0 saturated heterocycles. The standard InChI is InChI=1S/C20H22ClN3O4/c1-13-3-4-14(2)17(11-13)22-18(25)9-10-19(26)23-24-20(27)12-28-16-7-5-15(21)6-8-16/h3-8,11H,9-10,12H2,1-2H3,(H,22,25)(H,23,26)(H,24,27). The third-order valence-electron chi connectivity index (χ3n) is 3.77. The SMILES string of the molecule is Cc1ccc(C)c(NC(=O)CCC(=O)NNC(=O)COc2ccc(Cl)cc2)c1. The van der Waals surface area contributed by atoms with Crippen molar-refractivity contribution in [1.82, 2.24) is 10.9 Å². The van der Waals surface area contributed by atoms with Gasteiger partial charge in [0, 0.05) is 23.6 Å². The van der Waals surface area contributed by atoms with Crippen LogP contribution in [0.1, 0.15) is 24.0 Å². The van der Waals surface area contributed by atoms with E-state index in [-0.39, 0.29) is 25.4 Å². The van der Waals surface area contributed by atoms with Crippen LogP contribution in [0.3, 0.4) is 0 Å². The number of hydrazine groups is 1. The minimum absolute atomic E-state index is 0.00361. The molecule has 2 aromatic carbocycles. The van der Waals surface area contributed by atoms with Gasteiger partial charge in [0.25, 0.3) is 5.91 Å². The van der Waals surface area contributed by atoms with Crippen molar-refractivity contribution in [2.24, 2.45) is 0 Å². The fourth-order valence-corrected chi connectivity index (χ4v) is 2.35. The average Bonchev–Trinajstić information content (AvgIpc) is 2.67. The van der Waals surface area contributed by atoms with Crippen LogP contribution >= 0.6 is 11.6 Å². The van der Waals surface area contributed by atoms with E-state index < -0.39 is 11.8 Å². The number of hydrogen-bond acceptors (Lipinski definition) is 4. The fourth-order valence-electron chi connectivity index (χ4n) is 2.23. The van der Waals surface area contributed by atoms with Gasteiger partial charge in [0.15, 0.2) is 6.61 Å². The molecule has 2 aromatic rings. The number of benzene rings is 2. The minimum atomic E-state index is -0.525. The van der Waals surface area contributed by atoms with E-state index in [1.165, 1.54) is 0 Å². The second-order valence-corrected chi connectivity index (χ2v) is 6.64. The Bertz CT molecular complexity index is 853. The van der Waals surface area contributed by atoms with Crippen molar-refractivity contribution >= 4 is 35.0 Å². The third-order valence-corrected chi connectivity index (χ3v) is 4.02. The van der Waals surface area contributed by atoms with Crippen molar-refractivity contribution in [1.29, 1.82) is 0 Å². The van der Waals surface area contributed by atoms with E-state index in [0.29, 0.717) is 10.8 Å². The van der Waals surface area contributed by atoms with Gasteiger partial charge in [-0.05, 0) is 55.3 Å². The molecule has 3 amide bonds. The highest BCUT2D eigenvalue weighted by atomic mass is 35.5. The van der Waals surface area contributed by atoms with E-state index in [4.69, 9.17) is 16.3 Å². The summed E-state index contributed by atoms with van der Waals surface area (Å²) in [5.41, 5.74) is 7.17. The first-order valence-electron chi connectivity index (χ1n) is 8.66. The first-order valence-corrected chi connectivity index (χ1v) is 9.04. The summed E-state index contributed by atoms with van der Waals surface area (Å²) < 4.78 is 5.25. The molecule has 0 aliphatic carbocycles. The van der Waals surface area contributed by atoms with E-state index >= 15 is 0 Å². The van der Waals surface area contributed by atoms with Crippen molar-refractivity contribution in [3.63, 3.8) is 0 Å². The Morgan fingerprint density at radius 2 is 1.54 bits per heavy atom. The smallest absolute Gasteiger partial charge is 0.276 e. The summed E-state index contributed by atoms with van der Waals surface area (Å²) in [5, 5.41) is 3.34. The molecule has 0 heterocycles. The molecule has 8 heteroatoms. The van der Waals surface area contributed by atoms with Gasteiger partial charge in [-0.3, -0.25) is 25.2 Å². The highest BCUT2D eigenvalue weighted by Gasteiger charge is 2.10. The minimum Gasteiger partial charge on any atom is -0.484 e. The maximum Gasteiger partial charge on any atom is 0.276 e. The lowest BCUT2D eigenvalue weighted by atomic mass is 10.1. The number of aryl methyl sites for hydroxylation is 2. The van der Waals surface area contributed by atoms with Crippen LogP contribution in [0.5, 0.6) is 5.75 Å². The molecule has 0 aromatic heterocycles. The molecule has 0 bridgehead atoms. The summed E-state index contributed by atoms with van der Waals surface area (Å²) in [7, 11) is 0. The number of hydrogen-bond donors (Lipinski definition) is 3. The van der Waals surface area contributed by atoms with Crippen molar-refractivity contribution in [2.75, 3.05) is 11.9 Å². The third kappa shape index (κ3) is 7.28. The van der Waals surface area contributed by atoms with E-state index in [1.54, 1.807) is 24.3 Å². The predicted octanol–water partition coefficient (Wildman–Crippen LogP) is 2.90. The fraction of sp³-hybridized carbons (Fsp3) is 0.250. The molecule has 0 radical (unpaired) electrons. The Balaban J connectivity index is 1.66. The molecule has 148 valence electrons. The van der Waals surface area contributed by atoms with Gasteiger partial charge in [-0.2, -0.15) is 0 Å². The van der Waals surface area contributed by atoms with Gasteiger partial charge in [0.05, 0.1) is 0 Å². The molecule has 3 N–H and O–H groups in total. The van der Waals surface area contributed by atoms with Gasteiger partial charge in [0.2, 0.25) is 11.8 Å². The number of anilines is 1. The largest absolute Gasteiger partial charge is 0.484 e. The van der Waals surface area contributed by atoms with E-state index in [9.17, 15) is 14.4 Å². The Morgan fingerprint density at radius 1 is 0.893 bits per heavy atom. The van der Waals surface area contributed by atoms with Gasteiger partial charge < -0.3 is 10.1 Å². The molecule has 0 aliphatic heterocycles. The predicted molar refractivity (Wildman–Crippen MR) is 107 cm³/mol. The molecule has 0 saturated carbocycles. The lowest BCUT2D eigenvalue weighted by molar-refractivity contribution is -0.130. The second-order valence-electron chi connectivity index (χ2n) is 6.21. The highest BCUT2D eigenvalue weighted by Crippen LogP contribution is 2.17. The Kier molecular flexibility index (Phi) is 7.83. The molecule has 7 nitrogen and oxygen atoms in total. The second kappa shape index (κ2) is 10.3. The normalized spacial score (nSPS) is 10.1. The Labute approximate surface area is 168 Å². The monoisotopic (exact) mass is 403 g/mol. The van der Waals surface area contributed by atoms with Crippen LogP contribution < -0.4 is 20.9 Å². The maximum atomic E-state index is 12.0. The zero-order valence-corrected chi connectivity index (χ0v) is 16.4. The van der Waals surface area contributed by atoms with Crippen molar-refractivity contribution in [3.05, 3.63) is 58.6 Å². The molecule has 28 heavy (non-hydrogen) atoms. The summed E-state index contributed by atoms with van der Waals surface area (Å²) >= 11 is 5.76. The van der Waals surface area contributed by atoms with Crippen molar-refractivity contribution in [2.45, 2.75) is 26.7 Å². The first-order chi connectivity index (χ1) is 13.3. The van der Waals surface area contributed by atoms with Gasteiger partial charge in [-0.15, -0.1) is 0 Å². The quantitative estimate of drug-likeness (QED) is 0.619. The topological polar surface area (TPSA) is 96.5 Å². The van der Waals surface area contributed by atoms with E-state index in [1.807, 2.05) is 32.0 Å². The van der Waals surface area contributed by atoms with Crippen LogP contribution in [0, 0.1) is 13.8 Å². The maximum absolute atomic E-state index is 12.0. The molecule has 0 unspecified atom stereocenters. The zero-order chi connectivity index (χ0) is 20.5. The molecular formula is C20H22ClN3O4.